The number of piperazine rings is 1. The van der Waals surface area contributed by atoms with Gasteiger partial charge >= 0.3 is 0 Å². The number of fused-ring (bicyclic) bond motifs is 1. The molecule has 1 saturated heterocycles. The first kappa shape index (κ1) is 44.5. The number of hydrogen-bond acceptors (Lipinski definition) is 12. The predicted octanol–water partition coefficient (Wildman–Crippen LogP) is 5.84. The molecule has 5 heterocycles. The fraction of sp³-hybridized carbons (Fsp3) is 0.457. The molecule has 0 radical (unpaired) electrons. The summed E-state index contributed by atoms with van der Waals surface area (Å²) in [4.78, 5) is 41.1. The molecule has 3 aliphatic rings. The minimum absolute atomic E-state index is 0.0142. The van der Waals surface area contributed by atoms with Gasteiger partial charge in [-0.25, -0.2) is 14.4 Å². The number of aryl methyl sites for hydroxylation is 1. The molecule has 0 atom stereocenters. The fourth-order valence-electron chi connectivity index (χ4n) is 9.57. The highest BCUT2D eigenvalue weighted by Gasteiger charge is 2.64. The van der Waals surface area contributed by atoms with Crippen LogP contribution in [0.2, 0.25) is 5.02 Å². The second kappa shape index (κ2) is 18.2. The van der Waals surface area contributed by atoms with Crippen molar-refractivity contribution < 1.29 is 23.5 Å². The average Bonchev–Trinajstić information content (AvgIpc) is 3.87. The Morgan fingerprint density at radius 1 is 0.969 bits per heavy atom. The largest absolute Gasteiger partial charge is 0.489 e. The number of ether oxygens (including phenoxy) is 2. The van der Waals surface area contributed by atoms with E-state index in [4.69, 9.17) is 26.2 Å². The van der Waals surface area contributed by atoms with E-state index in [1.54, 1.807) is 59.4 Å². The highest BCUT2D eigenvalue weighted by atomic mass is 35.5. The Kier molecular flexibility index (Phi) is 12.6. The van der Waals surface area contributed by atoms with Gasteiger partial charge in [-0.05, 0) is 29.8 Å². The number of carbonyl (C=O) groups excluding carboxylic acids is 2. The van der Waals surface area contributed by atoms with Crippen LogP contribution in [0.15, 0.2) is 61.2 Å². The van der Waals surface area contributed by atoms with Crippen LogP contribution in [0.1, 0.15) is 61.8 Å². The number of carbonyl (C=O) groups is 2. The van der Waals surface area contributed by atoms with Crippen LogP contribution < -0.4 is 20.3 Å². The molecule has 1 aliphatic carbocycles. The summed E-state index contributed by atoms with van der Waals surface area (Å²) in [6, 6.07) is 11.9. The number of anilines is 3. The van der Waals surface area contributed by atoms with Gasteiger partial charge in [-0.15, -0.1) is 0 Å². The average molecular weight is 893 g/mol. The summed E-state index contributed by atoms with van der Waals surface area (Å²) in [5.74, 6) is 1.02. The van der Waals surface area contributed by atoms with Crippen LogP contribution in [0.25, 0.3) is 11.1 Å². The number of nitrogens with zero attached hydrogens (tertiary/aromatic N) is 10. The highest BCUT2D eigenvalue weighted by Crippen LogP contribution is 2.55. The Bertz CT molecular complexity index is 2550. The molecule has 2 fully saturated rings. The summed E-state index contributed by atoms with van der Waals surface area (Å²) < 4.78 is 31.4. The Morgan fingerprint density at radius 2 is 1.70 bits per heavy atom. The Balaban J connectivity index is 0.790. The van der Waals surface area contributed by atoms with Crippen LogP contribution in [-0.2, 0) is 36.1 Å². The molecule has 2 aliphatic heterocycles. The minimum atomic E-state index is -0.410. The quantitative estimate of drug-likeness (QED) is 0.128. The standard InChI is InChI=1S/C46H54ClFN12O4/c1-29(61)59-12-11-39-35(28-59)40(53-38-10-8-30(21-37(38)48)33-26-52-56(6)27-33)55-60(39)18-20-63-19-17-57-13-15-58(16-14-57)44-50-24-32(25-51-44)41(62)54-42-45(2,3)43(46(42,4)5)64-34-9-7-31(23-49)36(47)22-34/h7-10,21-22,24-27,42-43H,11-20,28H2,1-6H3,(H,53,55)(H,54,62). The van der Waals surface area contributed by atoms with Crippen molar-refractivity contribution in [3.05, 3.63) is 94.4 Å². The van der Waals surface area contributed by atoms with E-state index < -0.39 is 16.6 Å². The van der Waals surface area contributed by atoms with E-state index in [9.17, 15) is 14.9 Å². The zero-order chi connectivity index (χ0) is 45.3. The summed E-state index contributed by atoms with van der Waals surface area (Å²) in [6.45, 7) is 16.2. The smallest absolute Gasteiger partial charge is 0.254 e. The number of benzene rings is 2. The van der Waals surface area contributed by atoms with E-state index >= 15 is 4.39 Å². The van der Waals surface area contributed by atoms with Gasteiger partial charge in [0.25, 0.3) is 5.91 Å². The number of nitrogens with one attached hydrogen (secondary N) is 2. The molecule has 2 aromatic carbocycles. The van der Waals surface area contributed by atoms with Crippen molar-refractivity contribution in [2.75, 3.05) is 62.7 Å². The predicted molar refractivity (Wildman–Crippen MR) is 240 cm³/mol. The second-order valence-electron chi connectivity index (χ2n) is 17.9. The molecule has 2 amide bonds. The van der Waals surface area contributed by atoms with Crippen molar-refractivity contribution in [3.8, 4) is 22.9 Å². The molecule has 3 aromatic heterocycles. The zero-order valence-electron chi connectivity index (χ0n) is 37.1. The third-order valence-electron chi connectivity index (χ3n) is 12.8. The molecule has 5 aromatic rings. The van der Waals surface area contributed by atoms with Gasteiger partial charge in [0.15, 0.2) is 5.82 Å². The van der Waals surface area contributed by atoms with E-state index in [0.29, 0.717) is 78.6 Å². The highest BCUT2D eigenvalue weighted by molar-refractivity contribution is 6.31. The molecule has 2 N–H and O–H groups in total. The van der Waals surface area contributed by atoms with Crippen molar-refractivity contribution in [3.63, 3.8) is 0 Å². The van der Waals surface area contributed by atoms with Crippen LogP contribution in [-0.4, -0.2) is 116 Å². The van der Waals surface area contributed by atoms with Crippen LogP contribution >= 0.6 is 11.6 Å². The first-order valence-electron chi connectivity index (χ1n) is 21.6. The van der Waals surface area contributed by atoms with Crippen LogP contribution in [0.4, 0.5) is 21.8 Å². The fourth-order valence-corrected chi connectivity index (χ4v) is 9.78. The van der Waals surface area contributed by atoms with E-state index in [2.05, 4.69) is 69.3 Å². The van der Waals surface area contributed by atoms with E-state index in [-0.39, 0.29) is 24.0 Å². The topological polar surface area (TPSA) is 172 Å². The maximum absolute atomic E-state index is 15.4. The molecule has 8 rings (SSSR count). The lowest BCUT2D eigenvalue weighted by Crippen LogP contribution is -2.74. The monoisotopic (exact) mass is 892 g/mol. The Labute approximate surface area is 377 Å². The molecule has 0 spiro atoms. The van der Waals surface area contributed by atoms with Crippen molar-refractivity contribution in [1.82, 2.24) is 44.6 Å². The minimum Gasteiger partial charge on any atom is -0.489 e. The van der Waals surface area contributed by atoms with E-state index in [1.165, 1.54) is 6.07 Å². The van der Waals surface area contributed by atoms with Gasteiger partial charge in [-0.1, -0.05) is 45.4 Å². The number of nitriles is 1. The zero-order valence-corrected chi connectivity index (χ0v) is 37.8. The van der Waals surface area contributed by atoms with Crippen LogP contribution in [0.5, 0.6) is 5.75 Å². The van der Waals surface area contributed by atoms with Crippen LogP contribution in [0.3, 0.4) is 0 Å². The normalized spacial score (nSPS) is 19.0. The van der Waals surface area contributed by atoms with E-state index in [1.807, 2.05) is 24.0 Å². The Morgan fingerprint density at radius 3 is 2.36 bits per heavy atom. The molecule has 1 saturated carbocycles. The van der Waals surface area contributed by atoms with Gasteiger partial charge in [0.05, 0.1) is 54.3 Å². The van der Waals surface area contributed by atoms with Gasteiger partial charge in [0.1, 0.15) is 23.7 Å². The van der Waals surface area contributed by atoms with Gasteiger partial charge in [0, 0.05) is 118 Å². The molecule has 336 valence electrons. The van der Waals surface area contributed by atoms with E-state index in [0.717, 1.165) is 55.1 Å². The van der Waals surface area contributed by atoms with Gasteiger partial charge in [0.2, 0.25) is 11.9 Å². The van der Waals surface area contributed by atoms with Gasteiger partial charge in [-0.2, -0.15) is 15.5 Å². The summed E-state index contributed by atoms with van der Waals surface area (Å²) in [7, 11) is 1.82. The van der Waals surface area contributed by atoms with Gasteiger partial charge in [-0.3, -0.25) is 23.9 Å². The summed E-state index contributed by atoms with van der Waals surface area (Å²) in [5, 5.41) is 25.0. The summed E-state index contributed by atoms with van der Waals surface area (Å²) in [6.07, 6.45) is 7.12. The summed E-state index contributed by atoms with van der Waals surface area (Å²) >= 11 is 6.25. The maximum atomic E-state index is 15.4. The van der Waals surface area contributed by atoms with Crippen molar-refractivity contribution >= 4 is 40.9 Å². The first-order chi connectivity index (χ1) is 30.6. The number of halogens is 2. The molecule has 64 heavy (non-hydrogen) atoms. The number of aromatic nitrogens is 6. The number of amides is 2. The lowest BCUT2D eigenvalue weighted by atomic mass is 9.49. The molecular weight excluding hydrogens is 839 g/mol. The molecule has 0 unspecified atom stereocenters. The number of hydrogen-bond donors (Lipinski definition) is 2. The molecule has 0 bridgehead atoms. The third kappa shape index (κ3) is 9.13. The SMILES string of the molecule is CC(=O)N1CCc2c(c(Nc3ccc(-c4cnn(C)c4)cc3F)nn2CCOCCN2CCN(c3ncc(C(=O)NC4C(C)(C)C(Oc5ccc(C#N)c(Cl)c5)C4(C)C)cn3)CC2)C1. The molecule has 16 nitrogen and oxygen atoms in total. The Hall–Kier alpha value is -6.09. The lowest BCUT2D eigenvalue weighted by Gasteiger charge is -2.63. The van der Waals surface area contributed by atoms with Gasteiger partial charge < -0.3 is 29.9 Å². The third-order valence-corrected chi connectivity index (χ3v) is 13.1. The first-order valence-corrected chi connectivity index (χ1v) is 21.9. The second-order valence-corrected chi connectivity index (χ2v) is 18.3. The lowest BCUT2D eigenvalue weighted by molar-refractivity contribution is -0.164. The number of rotatable bonds is 14. The van der Waals surface area contributed by atoms with Crippen molar-refractivity contribution in [2.45, 2.75) is 66.3 Å². The summed E-state index contributed by atoms with van der Waals surface area (Å²) in [5.41, 5.74) is 3.73. The van der Waals surface area contributed by atoms with Crippen molar-refractivity contribution in [2.24, 2.45) is 17.9 Å². The molecule has 18 heteroatoms. The molecular formula is C46H54ClFN12O4. The maximum Gasteiger partial charge on any atom is 0.254 e. The van der Waals surface area contributed by atoms with Crippen LogP contribution in [0, 0.1) is 28.0 Å². The van der Waals surface area contributed by atoms with Crippen molar-refractivity contribution in [1.29, 1.82) is 5.26 Å².